The van der Waals surface area contributed by atoms with Crippen molar-refractivity contribution in [2.45, 2.75) is 13.0 Å². The number of likely N-dealkylation sites (N-methyl/N-ethyl adjacent to an activating group) is 1. The molecule has 1 heterocycles. The maximum Gasteiger partial charge on any atom is 0.259 e. The van der Waals surface area contributed by atoms with Gasteiger partial charge in [-0.2, -0.15) is 0 Å². The molecule has 0 spiro atoms. The van der Waals surface area contributed by atoms with Gasteiger partial charge in [-0.1, -0.05) is 18.2 Å². The Kier molecular flexibility index (Phi) is 4.02. The number of hydrogen-bond acceptors (Lipinski definition) is 3. The summed E-state index contributed by atoms with van der Waals surface area (Å²) in [7, 11) is 3.32. The first-order chi connectivity index (χ1) is 11.1. The molecule has 1 aliphatic heterocycles. The van der Waals surface area contributed by atoms with Crippen LogP contribution >= 0.6 is 0 Å². The van der Waals surface area contributed by atoms with E-state index in [1.54, 1.807) is 30.1 Å². The van der Waals surface area contributed by atoms with Crippen LogP contribution in [-0.4, -0.2) is 30.9 Å². The normalized spacial score (nSPS) is 13.5. The number of fused-ring (bicyclic) bond motifs is 1. The molecule has 0 unspecified atom stereocenters. The summed E-state index contributed by atoms with van der Waals surface area (Å²) < 4.78 is 5.22. The number of carbonyl (C=O) groups is 2. The second-order valence-electron chi connectivity index (χ2n) is 5.56. The molecule has 0 radical (unpaired) electrons. The molecule has 0 atom stereocenters. The number of hydrogen-bond donors (Lipinski definition) is 1. The minimum atomic E-state index is -0.220. The minimum absolute atomic E-state index is 0.114. The zero-order valence-corrected chi connectivity index (χ0v) is 13.1. The lowest BCUT2D eigenvalue weighted by Crippen LogP contribution is -2.32. The number of rotatable bonds is 3. The van der Waals surface area contributed by atoms with Gasteiger partial charge >= 0.3 is 0 Å². The van der Waals surface area contributed by atoms with Gasteiger partial charge in [0.1, 0.15) is 5.75 Å². The number of carbonyl (C=O) groups excluding carboxylic acids is 2. The Morgan fingerprint density at radius 3 is 2.74 bits per heavy atom. The molecule has 2 aromatic rings. The molecule has 0 aromatic heterocycles. The fourth-order valence-electron chi connectivity index (χ4n) is 2.70. The first-order valence-electron chi connectivity index (χ1n) is 7.38. The summed E-state index contributed by atoms with van der Waals surface area (Å²) >= 11 is 0. The Morgan fingerprint density at radius 1 is 1.17 bits per heavy atom. The third-order valence-electron chi connectivity index (χ3n) is 3.99. The van der Waals surface area contributed by atoms with Gasteiger partial charge in [0.05, 0.1) is 19.1 Å². The molecule has 23 heavy (non-hydrogen) atoms. The highest BCUT2D eigenvalue weighted by molar-refractivity contribution is 6.06. The number of anilines is 1. The number of nitrogens with zero attached hydrogens (tertiary/aromatic N) is 1. The summed E-state index contributed by atoms with van der Waals surface area (Å²) in [5.74, 6) is 0.430. The minimum Gasteiger partial charge on any atom is -0.496 e. The molecule has 0 bridgehead atoms. The van der Waals surface area contributed by atoms with Gasteiger partial charge in [0.25, 0.3) is 5.91 Å². The highest BCUT2D eigenvalue weighted by atomic mass is 16.5. The van der Waals surface area contributed by atoms with E-state index in [-0.39, 0.29) is 11.8 Å². The van der Waals surface area contributed by atoms with Crippen molar-refractivity contribution in [2.75, 3.05) is 19.5 Å². The van der Waals surface area contributed by atoms with E-state index >= 15 is 0 Å². The summed E-state index contributed by atoms with van der Waals surface area (Å²) in [5, 5.41) is 2.89. The number of para-hydroxylation sites is 1. The van der Waals surface area contributed by atoms with Crippen LogP contribution in [0.2, 0.25) is 0 Å². The molecule has 0 saturated heterocycles. The summed E-state index contributed by atoms with van der Waals surface area (Å²) in [6.07, 6.45) is 0.409. The Balaban J connectivity index is 1.82. The lowest BCUT2D eigenvalue weighted by atomic mass is 9.99. The van der Waals surface area contributed by atoms with E-state index in [0.29, 0.717) is 30.0 Å². The molecule has 0 aliphatic carbocycles. The highest BCUT2D eigenvalue weighted by Crippen LogP contribution is 2.24. The van der Waals surface area contributed by atoms with Crippen molar-refractivity contribution in [1.82, 2.24) is 4.90 Å². The lowest BCUT2D eigenvalue weighted by molar-refractivity contribution is -0.130. The van der Waals surface area contributed by atoms with E-state index in [0.717, 1.165) is 11.1 Å². The topological polar surface area (TPSA) is 58.6 Å². The van der Waals surface area contributed by atoms with Gasteiger partial charge in [-0.3, -0.25) is 9.59 Å². The molecule has 2 amide bonds. The molecule has 2 aromatic carbocycles. The first kappa shape index (κ1) is 15.1. The van der Waals surface area contributed by atoms with E-state index in [1.807, 2.05) is 24.3 Å². The average Bonchev–Trinajstić information content (AvgIpc) is 2.56. The standard InChI is InChI=1S/C18H18N2O3/c1-20-11-13-9-14(8-7-12(13)10-17(20)21)19-18(22)15-5-3-4-6-16(15)23-2/h3-9H,10-11H2,1-2H3,(H,19,22). The van der Waals surface area contributed by atoms with Crippen molar-refractivity contribution in [3.8, 4) is 5.75 Å². The summed E-state index contributed by atoms with van der Waals surface area (Å²) in [6.45, 7) is 0.562. The summed E-state index contributed by atoms with van der Waals surface area (Å²) in [5.41, 5.74) is 3.27. The average molecular weight is 310 g/mol. The quantitative estimate of drug-likeness (QED) is 0.947. The third-order valence-corrected chi connectivity index (χ3v) is 3.99. The summed E-state index contributed by atoms with van der Waals surface area (Å²) in [4.78, 5) is 25.8. The van der Waals surface area contributed by atoms with Crippen LogP contribution in [0.1, 0.15) is 21.5 Å². The van der Waals surface area contributed by atoms with E-state index < -0.39 is 0 Å². The molecule has 5 nitrogen and oxygen atoms in total. The second kappa shape index (κ2) is 6.12. The monoisotopic (exact) mass is 310 g/mol. The smallest absolute Gasteiger partial charge is 0.259 e. The Labute approximate surface area is 134 Å². The number of ether oxygens (including phenoxy) is 1. The number of methoxy groups -OCH3 is 1. The fourth-order valence-corrected chi connectivity index (χ4v) is 2.70. The predicted molar refractivity (Wildman–Crippen MR) is 87.6 cm³/mol. The van der Waals surface area contributed by atoms with E-state index in [2.05, 4.69) is 5.32 Å². The van der Waals surface area contributed by atoms with Crippen molar-refractivity contribution in [1.29, 1.82) is 0 Å². The Hall–Kier alpha value is -2.82. The maximum absolute atomic E-state index is 12.4. The van der Waals surface area contributed by atoms with Gasteiger partial charge in [0.2, 0.25) is 5.91 Å². The highest BCUT2D eigenvalue weighted by Gasteiger charge is 2.20. The number of amides is 2. The van der Waals surface area contributed by atoms with Crippen LogP contribution in [0.4, 0.5) is 5.69 Å². The zero-order valence-electron chi connectivity index (χ0n) is 13.1. The van der Waals surface area contributed by atoms with Crippen LogP contribution in [0.15, 0.2) is 42.5 Å². The Morgan fingerprint density at radius 2 is 1.96 bits per heavy atom. The molecular formula is C18H18N2O3. The molecule has 3 rings (SSSR count). The molecule has 1 N–H and O–H groups in total. The lowest BCUT2D eigenvalue weighted by Gasteiger charge is -2.25. The van der Waals surface area contributed by atoms with Gasteiger partial charge < -0.3 is 15.0 Å². The van der Waals surface area contributed by atoms with Gasteiger partial charge in [-0.25, -0.2) is 0 Å². The molecular weight excluding hydrogens is 292 g/mol. The SMILES string of the molecule is COc1ccccc1C(=O)Nc1ccc2c(c1)CN(C)C(=O)C2. The third kappa shape index (κ3) is 3.04. The van der Waals surface area contributed by atoms with E-state index in [1.165, 1.54) is 7.11 Å². The Bertz CT molecular complexity index is 771. The van der Waals surface area contributed by atoms with Gasteiger partial charge in [0, 0.05) is 19.3 Å². The van der Waals surface area contributed by atoms with Crippen LogP contribution < -0.4 is 10.1 Å². The largest absolute Gasteiger partial charge is 0.496 e. The van der Waals surface area contributed by atoms with Crippen molar-refractivity contribution >= 4 is 17.5 Å². The number of nitrogens with one attached hydrogen (secondary N) is 1. The molecule has 5 heteroatoms. The first-order valence-corrected chi connectivity index (χ1v) is 7.38. The van der Waals surface area contributed by atoms with Crippen LogP contribution in [0, 0.1) is 0 Å². The van der Waals surface area contributed by atoms with Gasteiger partial charge in [0.15, 0.2) is 0 Å². The number of benzene rings is 2. The fraction of sp³-hybridized carbons (Fsp3) is 0.222. The van der Waals surface area contributed by atoms with Crippen LogP contribution in [0.25, 0.3) is 0 Å². The van der Waals surface area contributed by atoms with E-state index in [4.69, 9.17) is 4.74 Å². The van der Waals surface area contributed by atoms with Crippen LogP contribution in [0.3, 0.4) is 0 Å². The van der Waals surface area contributed by atoms with E-state index in [9.17, 15) is 9.59 Å². The summed E-state index contributed by atoms with van der Waals surface area (Å²) in [6, 6.07) is 12.7. The van der Waals surface area contributed by atoms with Crippen LogP contribution in [0.5, 0.6) is 5.75 Å². The van der Waals surface area contributed by atoms with Crippen molar-refractivity contribution in [3.63, 3.8) is 0 Å². The molecule has 0 saturated carbocycles. The van der Waals surface area contributed by atoms with Gasteiger partial charge in [-0.15, -0.1) is 0 Å². The predicted octanol–water partition coefficient (Wildman–Crippen LogP) is 2.46. The second-order valence-corrected chi connectivity index (χ2v) is 5.56. The molecule has 1 aliphatic rings. The maximum atomic E-state index is 12.4. The van der Waals surface area contributed by atoms with Crippen molar-refractivity contribution in [3.05, 3.63) is 59.2 Å². The van der Waals surface area contributed by atoms with Crippen molar-refractivity contribution < 1.29 is 14.3 Å². The molecule has 0 fully saturated rings. The van der Waals surface area contributed by atoms with Crippen molar-refractivity contribution in [2.24, 2.45) is 0 Å². The molecule has 118 valence electrons. The van der Waals surface area contributed by atoms with Gasteiger partial charge in [-0.05, 0) is 35.4 Å². The zero-order chi connectivity index (χ0) is 16.4. The van der Waals surface area contributed by atoms with Crippen LogP contribution in [-0.2, 0) is 17.8 Å².